The van der Waals surface area contributed by atoms with Crippen LogP contribution in [-0.2, 0) is 13.5 Å². The van der Waals surface area contributed by atoms with Crippen LogP contribution in [0.15, 0.2) is 54.6 Å². The molecule has 1 amide bonds. The van der Waals surface area contributed by atoms with E-state index in [2.05, 4.69) is 6.07 Å². The number of rotatable bonds is 3. The van der Waals surface area contributed by atoms with Gasteiger partial charge in [0.25, 0.3) is 5.91 Å². The number of nitrogens with zero attached hydrogens (tertiary/aromatic N) is 3. The van der Waals surface area contributed by atoms with Crippen LogP contribution in [0.25, 0.3) is 11.3 Å². The van der Waals surface area contributed by atoms with Crippen molar-refractivity contribution in [3.8, 4) is 17.0 Å². The van der Waals surface area contributed by atoms with Gasteiger partial charge in [0.1, 0.15) is 5.75 Å². The predicted octanol–water partition coefficient (Wildman–Crippen LogP) is 3.51. The zero-order valence-electron chi connectivity index (χ0n) is 16.1. The molecule has 1 aliphatic heterocycles. The van der Waals surface area contributed by atoms with E-state index in [4.69, 9.17) is 9.84 Å². The van der Waals surface area contributed by atoms with Crippen molar-refractivity contribution in [2.75, 3.05) is 20.2 Å². The van der Waals surface area contributed by atoms with Crippen molar-refractivity contribution in [2.24, 2.45) is 13.0 Å². The molecule has 0 radical (unpaired) electrons. The molecule has 0 saturated carbocycles. The lowest BCUT2D eigenvalue weighted by Crippen LogP contribution is -2.29. The Labute approximate surface area is 164 Å². The van der Waals surface area contributed by atoms with Crippen molar-refractivity contribution in [3.63, 3.8) is 0 Å². The Hall–Kier alpha value is -3.08. The number of ether oxygens (including phenoxy) is 1. The van der Waals surface area contributed by atoms with Gasteiger partial charge in [-0.2, -0.15) is 5.10 Å². The number of carbonyl (C=O) groups excluding carboxylic acids is 1. The Balaban J connectivity index is 1.48. The molecule has 3 aromatic rings. The summed E-state index contributed by atoms with van der Waals surface area (Å²) in [6, 6.07) is 17.7. The molecule has 5 nitrogen and oxygen atoms in total. The van der Waals surface area contributed by atoms with Gasteiger partial charge in [-0.3, -0.25) is 9.48 Å². The number of aromatic nitrogens is 2. The third-order valence-corrected chi connectivity index (χ3v) is 6.13. The molecule has 0 bridgehead atoms. The van der Waals surface area contributed by atoms with Gasteiger partial charge in [0, 0.05) is 48.4 Å². The smallest absolute Gasteiger partial charge is 0.253 e. The number of hydrogen-bond donors (Lipinski definition) is 0. The third kappa shape index (κ3) is 2.61. The summed E-state index contributed by atoms with van der Waals surface area (Å²) in [6.45, 7) is 1.57. The van der Waals surface area contributed by atoms with Crippen LogP contribution in [-0.4, -0.2) is 40.8 Å². The maximum absolute atomic E-state index is 12.9. The van der Waals surface area contributed by atoms with E-state index in [9.17, 15) is 4.79 Å². The first-order chi connectivity index (χ1) is 13.7. The fraction of sp³-hybridized carbons (Fsp3) is 0.304. The first kappa shape index (κ1) is 17.0. The minimum atomic E-state index is 0.128. The van der Waals surface area contributed by atoms with Crippen LogP contribution in [0.2, 0.25) is 0 Å². The number of fused-ring (bicyclic) bond motifs is 3. The highest BCUT2D eigenvalue weighted by atomic mass is 16.5. The van der Waals surface area contributed by atoms with Gasteiger partial charge in [0.05, 0.1) is 12.8 Å². The van der Waals surface area contributed by atoms with Gasteiger partial charge in [-0.25, -0.2) is 0 Å². The Kier molecular flexibility index (Phi) is 3.97. The molecule has 1 aromatic heterocycles. The molecule has 1 saturated heterocycles. The van der Waals surface area contributed by atoms with Gasteiger partial charge in [-0.15, -0.1) is 0 Å². The molecule has 2 heterocycles. The molecule has 142 valence electrons. The van der Waals surface area contributed by atoms with Crippen LogP contribution in [0.3, 0.4) is 0 Å². The molecule has 0 N–H and O–H groups in total. The molecule has 2 aliphatic rings. The van der Waals surface area contributed by atoms with Gasteiger partial charge in [0.2, 0.25) is 0 Å². The molecule has 0 unspecified atom stereocenters. The Morgan fingerprint density at radius 1 is 1.11 bits per heavy atom. The van der Waals surface area contributed by atoms with Crippen molar-refractivity contribution < 1.29 is 9.53 Å². The average molecular weight is 373 g/mol. The highest BCUT2D eigenvalue weighted by Gasteiger charge is 2.45. The molecular formula is C23H23N3O2. The highest BCUT2D eigenvalue weighted by molar-refractivity contribution is 5.94. The fourth-order valence-electron chi connectivity index (χ4n) is 4.77. The highest BCUT2D eigenvalue weighted by Crippen LogP contribution is 2.47. The minimum absolute atomic E-state index is 0.128. The van der Waals surface area contributed by atoms with Crippen LogP contribution >= 0.6 is 0 Å². The van der Waals surface area contributed by atoms with Crippen LogP contribution in [0.1, 0.15) is 27.5 Å². The monoisotopic (exact) mass is 373 g/mol. The van der Waals surface area contributed by atoms with Gasteiger partial charge in [-0.05, 0) is 36.6 Å². The number of amides is 1. The summed E-state index contributed by atoms with van der Waals surface area (Å²) >= 11 is 0. The van der Waals surface area contributed by atoms with Crippen LogP contribution in [0, 0.1) is 5.92 Å². The van der Waals surface area contributed by atoms with E-state index in [0.29, 0.717) is 11.8 Å². The molecular weight excluding hydrogens is 350 g/mol. The van der Waals surface area contributed by atoms with Gasteiger partial charge in [-0.1, -0.05) is 30.3 Å². The number of benzene rings is 2. The number of likely N-dealkylation sites (tertiary alicyclic amines) is 1. The zero-order valence-corrected chi connectivity index (χ0v) is 16.1. The first-order valence-electron chi connectivity index (χ1n) is 9.70. The lowest BCUT2D eigenvalue weighted by atomic mass is 9.94. The summed E-state index contributed by atoms with van der Waals surface area (Å²) in [4.78, 5) is 14.9. The first-order valence-corrected chi connectivity index (χ1v) is 9.70. The molecule has 5 rings (SSSR count). The summed E-state index contributed by atoms with van der Waals surface area (Å²) in [7, 11) is 3.71. The lowest BCUT2D eigenvalue weighted by molar-refractivity contribution is 0.0785. The molecule has 0 spiro atoms. The molecule has 1 fully saturated rings. The van der Waals surface area contributed by atoms with Crippen LogP contribution in [0.4, 0.5) is 0 Å². The fourth-order valence-corrected chi connectivity index (χ4v) is 4.77. The van der Waals surface area contributed by atoms with Crippen LogP contribution in [0.5, 0.6) is 5.75 Å². The van der Waals surface area contributed by atoms with Crippen molar-refractivity contribution in [2.45, 2.75) is 12.3 Å². The predicted molar refractivity (Wildman–Crippen MR) is 107 cm³/mol. The van der Waals surface area contributed by atoms with E-state index >= 15 is 0 Å². The standard InChI is InChI=1S/C23H23N3O2/c1-25-20-12-17-13-26(23(27)15-7-4-3-5-8-15)14-19(17)21(20)22(24-25)16-9-6-10-18(11-16)28-2/h3-11,17,19H,12-14H2,1-2H3/t17-,19+/m0/s1. The minimum Gasteiger partial charge on any atom is -0.497 e. The summed E-state index contributed by atoms with van der Waals surface area (Å²) in [5, 5.41) is 4.82. The number of aryl methyl sites for hydroxylation is 1. The summed E-state index contributed by atoms with van der Waals surface area (Å²) in [5.74, 6) is 1.77. The second-order valence-electron chi connectivity index (χ2n) is 7.71. The normalized spacial score (nSPS) is 20.1. The van der Waals surface area contributed by atoms with E-state index in [1.54, 1.807) is 7.11 Å². The van der Waals surface area contributed by atoms with Crippen molar-refractivity contribution in [1.82, 2.24) is 14.7 Å². The van der Waals surface area contributed by atoms with Gasteiger partial charge < -0.3 is 9.64 Å². The Morgan fingerprint density at radius 3 is 2.71 bits per heavy atom. The van der Waals surface area contributed by atoms with Gasteiger partial charge >= 0.3 is 0 Å². The Bertz CT molecular complexity index is 1040. The van der Waals surface area contributed by atoms with E-state index in [1.165, 1.54) is 11.3 Å². The van der Waals surface area contributed by atoms with E-state index in [0.717, 1.165) is 42.1 Å². The van der Waals surface area contributed by atoms with E-state index in [-0.39, 0.29) is 5.91 Å². The molecule has 2 aromatic carbocycles. The second kappa shape index (κ2) is 6.51. The number of carbonyl (C=O) groups is 1. The third-order valence-electron chi connectivity index (χ3n) is 6.13. The molecule has 2 atom stereocenters. The second-order valence-corrected chi connectivity index (χ2v) is 7.71. The zero-order chi connectivity index (χ0) is 19.3. The average Bonchev–Trinajstić information content (AvgIpc) is 3.39. The molecule has 5 heteroatoms. The quantitative estimate of drug-likeness (QED) is 0.706. The van der Waals surface area contributed by atoms with Crippen molar-refractivity contribution >= 4 is 5.91 Å². The lowest BCUT2D eigenvalue weighted by Gasteiger charge is -2.17. The number of methoxy groups -OCH3 is 1. The maximum Gasteiger partial charge on any atom is 0.253 e. The Morgan fingerprint density at radius 2 is 1.93 bits per heavy atom. The molecule has 28 heavy (non-hydrogen) atoms. The summed E-state index contributed by atoms with van der Waals surface area (Å²) in [6.07, 6.45) is 0.978. The molecule has 1 aliphatic carbocycles. The number of hydrogen-bond acceptors (Lipinski definition) is 3. The van der Waals surface area contributed by atoms with Gasteiger partial charge in [0.15, 0.2) is 0 Å². The largest absolute Gasteiger partial charge is 0.497 e. The van der Waals surface area contributed by atoms with Crippen LogP contribution < -0.4 is 4.74 Å². The summed E-state index contributed by atoms with van der Waals surface area (Å²) < 4.78 is 7.42. The van der Waals surface area contributed by atoms with E-state index < -0.39 is 0 Å². The SMILES string of the molecule is COc1cccc(-c2nn(C)c3c2[C@@H]2CN(C(=O)c4ccccc4)C[C@@H]2C3)c1. The van der Waals surface area contributed by atoms with Crippen molar-refractivity contribution in [3.05, 3.63) is 71.4 Å². The van der Waals surface area contributed by atoms with E-state index in [1.807, 2.05) is 65.2 Å². The topological polar surface area (TPSA) is 47.4 Å². The van der Waals surface area contributed by atoms with Crippen molar-refractivity contribution in [1.29, 1.82) is 0 Å². The maximum atomic E-state index is 12.9. The summed E-state index contributed by atoms with van der Waals surface area (Å²) in [5.41, 5.74) is 5.48.